The number of hydrogen-bond acceptors (Lipinski definition) is 8. The number of hydrogen-bond donors (Lipinski definition) is 1. The molecule has 2 aromatic heterocycles. The number of nitrogens with one attached hydrogen (secondary N) is 1. The zero-order chi connectivity index (χ0) is 21.0. The van der Waals surface area contributed by atoms with Crippen molar-refractivity contribution in [3.8, 4) is 5.75 Å². The molecule has 1 saturated heterocycles. The summed E-state index contributed by atoms with van der Waals surface area (Å²) in [6.07, 6.45) is 11.2. The third-order valence-corrected chi connectivity index (χ3v) is 5.97. The van der Waals surface area contributed by atoms with Crippen molar-refractivity contribution in [1.29, 1.82) is 0 Å². The van der Waals surface area contributed by atoms with Gasteiger partial charge < -0.3 is 19.7 Å². The van der Waals surface area contributed by atoms with Crippen molar-refractivity contribution in [3.63, 3.8) is 0 Å². The van der Waals surface area contributed by atoms with E-state index in [4.69, 9.17) is 9.47 Å². The quantitative estimate of drug-likeness (QED) is 0.673. The molecular weight excluding hydrogens is 392 g/mol. The van der Waals surface area contributed by atoms with Gasteiger partial charge in [0.1, 0.15) is 17.1 Å². The summed E-state index contributed by atoms with van der Waals surface area (Å²) < 4.78 is 12.0. The van der Waals surface area contributed by atoms with Crippen molar-refractivity contribution in [3.05, 3.63) is 42.6 Å². The Kier molecular flexibility index (Phi) is 5.80. The largest absolute Gasteiger partial charge is 0.488 e. The highest BCUT2D eigenvalue weighted by Crippen LogP contribution is 2.33. The predicted octanol–water partition coefficient (Wildman–Crippen LogP) is 3.37. The van der Waals surface area contributed by atoms with Gasteiger partial charge >= 0.3 is 0 Å². The van der Waals surface area contributed by atoms with Gasteiger partial charge in [-0.3, -0.25) is 9.97 Å². The molecule has 8 nitrogen and oxygen atoms in total. The number of benzene rings is 1. The molecule has 0 spiro atoms. The van der Waals surface area contributed by atoms with Crippen LogP contribution in [0.25, 0.3) is 11.0 Å². The van der Waals surface area contributed by atoms with Gasteiger partial charge in [0.05, 0.1) is 36.7 Å². The molecular formula is C23H28N6O2. The zero-order valence-electron chi connectivity index (χ0n) is 17.8. The second-order valence-electron chi connectivity index (χ2n) is 8.25. The topological polar surface area (TPSA) is 85.3 Å². The van der Waals surface area contributed by atoms with Crippen LogP contribution in [0.5, 0.6) is 5.75 Å². The van der Waals surface area contributed by atoms with Crippen LogP contribution in [0.15, 0.2) is 36.9 Å². The number of ether oxygens (including phenoxy) is 2. The molecule has 1 aromatic carbocycles. The maximum absolute atomic E-state index is 6.50. The molecule has 1 aliphatic carbocycles. The Balaban J connectivity index is 1.28. The molecule has 0 unspecified atom stereocenters. The Hall–Kier alpha value is -3.00. The van der Waals surface area contributed by atoms with Crippen LogP contribution < -0.4 is 15.0 Å². The lowest BCUT2D eigenvalue weighted by molar-refractivity contribution is 0.122. The van der Waals surface area contributed by atoms with E-state index in [1.54, 1.807) is 24.8 Å². The van der Waals surface area contributed by atoms with Gasteiger partial charge in [0, 0.05) is 49.5 Å². The monoisotopic (exact) mass is 420 g/mol. The second kappa shape index (κ2) is 9.01. The number of rotatable bonds is 5. The van der Waals surface area contributed by atoms with E-state index in [9.17, 15) is 0 Å². The molecule has 8 heteroatoms. The normalized spacial score (nSPS) is 21.8. The third kappa shape index (κ3) is 4.69. The number of morpholine rings is 1. The van der Waals surface area contributed by atoms with Crippen LogP contribution in [-0.4, -0.2) is 58.4 Å². The van der Waals surface area contributed by atoms with Crippen LogP contribution in [0.2, 0.25) is 0 Å². The summed E-state index contributed by atoms with van der Waals surface area (Å²) in [5.74, 6) is 1.68. The van der Waals surface area contributed by atoms with E-state index in [-0.39, 0.29) is 6.10 Å². The fraction of sp³-hybridized carbons (Fsp3) is 0.478. The molecule has 2 fully saturated rings. The first-order chi connectivity index (χ1) is 15.2. The molecule has 31 heavy (non-hydrogen) atoms. The number of fused-ring (bicyclic) bond motifs is 1. The smallest absolute Gasteiger partial charge is 0.149 e. The minimum atomic E-state index is 0.173. The van der Waals surface area contributed by atoms with E-state index >= 15 is 0 Å². The van der Waals surface area contributed by atoms with Crippen LogP contribution in [0.1, 0.15) is 31.4 Å². The molecule has 1 saturated carbocycles. The number of aromatic nitrogens is 4. The molecule has 1 aliphatic heterocycles. The van der Waals surface area contributed by atoms with Crippen LogP contribution in [0.3, 0.4) is 0 Å². The standard InChI is InChI=1S/C23H28N6O2/c1-16-14-24-15-22(27-16)28-17-2-4-19(5-3-17)31-21-13-18(29-8-10-30-11-9-29)12-20-23(21)26-7-6-25-20/h6-7,12-15,17,19H,2-5,8-11H2,1H3,(H,27,28). The molecule has 0 bridgehead atoms. The summed E-state index contributed by atoms with van der Waals surface area (Å²) >= 11 is 0. The van der Waals surface area contributed by atoms with E-state index in [0.717, 1.165) is 86.0 Å². The molecule has 3 heterocycles. The molecule has 5 rings (SSSR count). The number of nitrogens with zero attached hydrogens (tertiary/aromatic N) is 5. The van der Waals surface area contributed by atoms with Crippen molar-refractivity contribution in [2.24, 2.45) is 0 Å². The summed E-state index contributed by atoms with van der Waals surface area (Å²) in [5.41, 5.74) is 3.75. The zero-order valence-corrected chi connectivity index (χ0v) is 17.8. The van der Waals surface area contributed by atoms with Crippen LogP contribution in [-0.2, 0) is 4.74 Å². The lowest BCUT2D eigenvalue weighted by Crippen LogP contribution is -2.36. The van der Waals surface area contributed by atoms with E-state index in [2.05, 4.69) is 42.3 Å². The minimum absolute atomic E-state index is 0.173. The van der Waals surface area contributed by atoms with Gasteiger partial charge in [-0.2, -0.15) is 0 Å². The summed E-state index contributed by atoms with van der Waals surface area (Å²) in [7, 11) is 0. The lowest BCUT2D eigenvalue weighted by atomic mass is 9.93. The first-order valence-corrected chi connectivity index (χ1v) is 11.0. The van der Waals surface area contributed by atoms with E-state index in [1.807, 2.05) is 6.92 Å². The van der Waals surface area contributed by atoms with Gasteiger partial charge in [-0.1, -0.05) is 0 Å². The van der Waals surface area contributed by atoms with Crippen molar-refractivity contribution in [2.45, 2.75) is 44.8 Å². The first-order valence-electron chi connectivity index (χ1n) is 11.0. The van der Waals surface area contributed by atoms with Gasteiger partial charge in [0.25, 0.3) is 0 Å². The Morgan fingerprint density at radius 1 is 1.03 bits per heavy atom. The van der Waals surface area contributed by atoms with Gasteiger partial charge in [-0.05, 0) is 38.7 Å². The lowest BCUT2D eigenvalue weighted by Gasteiger charge is -2.31. The average molecular weight is 421 g/mol. The Bertz CT molecular complexity index is 1030. The fourth-order valence-electron chi connectivity index (χ4n) is 4.37. The van der Waals surface area contributed by atoms with Crippen LogP contribution in [0.4, 0.5) is 11.5 Å². The van der Waals surface area contributed by atoms with Gasteiger partial charge in [0.15, 0.2) is 0 Å². The molecule has 0 amide bonds. The molecule has 0 radical (unpaired) electrons. The van der Waals surface area contributed by atoms with Crippen molar-refractivity contribution in [2.75, 3.05) is 36.5 Å². The van der Waals surface area contributed by atoms with Crippen molar-refractivity contribution >= 4 is 22.5 Å². The average Bonchev–Trinajstić information content (AvgIpc) is 2.81. The Labute approximate surface area is 182 Å². The first kappa shape index (κ1) is 19.9. The maximum Gasteiger partial charge on any atom is 0.149 e. The van der Waals surface area contributed by atoms with Crippen molar-refractivity contribution in [1.82, 2.24) is 19.9 Å². The molecule has 162 valence electrons. The molecule has 3 aromatic rings. The second-order valence-corrected chi connectivity index (χ2v) is 8.25. The summed E-state index contributed by atoms with van der Waals surface area (Å²) in [6.45, 7) is 5.21. The number of aryl methyl sites for hydroxylation is 1. The van der Waals surface area contributed by atoms with Crippen LogP contribution in [0, 0.1) is 6.92 Å². The Morgan fingerprint density at radius 3 is 2.65 bits per heavy atom. The molecule has 0 atom stereocenters. The summed E-state index contributed by atoms with van der Waals surface area (Å²) in [4.78, 5) is 20.1. The third-order valence-electron chi connectivity index (χ3n) is 5.97. The van der Waals surface area contributed by atoms with Gasteiger partial charge in [-0.15, -0.1) is 0 Å². The minimum Gasteiger partial charge on any atom is -0.488 e. The molecule has 2 aliphatic rings. The van der Waals surface area contributed by atoms with E-state index in [1.165, 1.54) is 0 Å². The van der Waals surface area contributed by atoms with Gasteiger partial charge in [0.2, 0.25) is 0 Å². The fourth-order valence-corrected chi connectivity index (χ4v) is 4.37. The van der Waals surface area contributed by atoms with Gasteiger partial charge in [-0.25, -0.2) is 9.97 Å². The Morgan fingerprint density at radius 2 is 1.84 bits per heavy atom. The van der Waals surface area contributed by atoms with E-state index in [0.29, 0.717) is 6.04 Å². The number of anilines is 2. The highest BCUT2D eigenvalue weighted by molar-refractivity contribution is 5.85. The highest BCUT2D eigenvalue weighted by Gasteiger charge is 2.24. The highest BCUT2D eigenvalue weighted by atomic mass is 16.5. The van der Waals surface area contributed by atoms with E-state index < -0.39 is 0 Å². The summed E-state index contributed by atoms with van der Waals surface area (Å²) in [5, 5.41) is 3.52. The summed E-state index contributed by atoms with van der Waals surface area (Å²) in [6, 6.07) is 4.62. The predicted molar refractivity (Wildman–Crippen MR) is 120 cm³/mol. The maximum atomic E-state index is 6.50. The van der Waals surface area contributed by atoms with Crippen LogP contribution >= 0.6 is 0 Å². The molecule has 1 N–H and O–H groups in total. The SMILES string of the molecule is Cc1cncc(NC2CCC(Oc3cc(N4CCOCC4)cc4nccnc34)CC2)n1. The van der Waals surface area contributed by atoms with Crippen molar-refractivity contribution < 1.29 is 9.47 Å².